The molecular weight excluding hydrogens is 158 g/mol. The van der Waals surface area contributed by atoms with Crippen LogP contribution < -0.4 is 0 Å². The van der Waals surface area contributed by atoms with Gasteiger partial charge in [0, 0.05) is 18.3 Å². The predicted molar refractivity (Wildman–Crippen MR) is 52.0 cm³/mol. The molecule has 0 unspecified atom stereocenters. The van der Waals surface area contributed by atoms with Crippen LogP contribution in [-0.4, -0.2) is 4.98 Å². The predicted octanol–water partition coefficient (Wildman–Crippen LogP) is 2.82. The van der Waals surface area contributed by atoms with E-state index in [1.807, 2.05) is 18.5 Å². The van der Waals surface area contributed by atoms with Gasteiger partial charge >= 0.3 is 0 Å². The van der Waals surface area contributed by atoms with Crippen LogP contribution in [0.25, 0.3) is 0 Å². The summed E-state index contributed by atoms with van der Waals surface area (Å²) in [5.74, 6) is 3.64. The zero-order valence-corrected chi connectivity index (χ0v) is 7.74. The van der Waals surface area contributed by atoms with E-state index in [0.29, 0.717) is 0 Å². The molecule has 0 N–H and O–H groups in total. The number of nitrogens with zero attached hydrogens (tertiary/aromatic N) is 1. The summed E-state index contributed by atoms with van der Waals surface area (Å²) in [6.45, 7) is 0. The fourth-order valence-electron chi connectivity index (χ4n) is 2.75. The van der Waals surface area contributed by atoms with E-state index in [4.69, 9.17) is 0 Å². The molecular formula is C12H14N. The third-order valence-corrected chi connectivity index (χ3v) is 3.58. The molecule has 0 amide bonds. The molecule has 1 aromatic rings. The lowest BCUT2D eigenvalue weighted by Gasteiger charge is -2.46. The third-order valence-electron chi connectivity index (χ3n) is 3.58. The van der Waals surface area contributed by atoms with E-state index < -0.39 is 0 Å². The number of fused-ring (bicyclic) bond motifs is 2. The summed E-state index contributed by atoms with van der Waals surface area (Å²) < 4.78 is 0. The van der Waals surface area contributed by atoms with Gasteiger partial charge in [0.2, 0.25) is 0 Å². The van der Waals surface area contributed by atoms with Crippen molar-refractivity contribution in [3.8, 4) is 0 Å². The van der Waals surface area contributed by atoms with E-state index in [-0.39, 0.29) is 0 Å². The summed E-state index contributed by atoms with van der Waals surface area (Å²) in [5, 5.41) is 0. The van der Waals surface area contributed by atoms with Crippen molar-refractivity contribution in [2.24, 2.45) is 11.8 Å². The van der Waals surface area contributed by atoms with Crippen molar-refractivity contribution < 1.29 is 0 Å². The van der Waals surface area contributed by atoms with Crippen LogP contribution in [0.3, 0.4) is 0 Å². The van der Waals surface area contributed by atoms with E-state index in [9.17, 15) is 0 Å². The van der Waals surface area contributed by atoms with Gasteiger partial charge in [-0.2, -0.15) is 0 Å². The Morgan fingerprint density at radius 1 is 1.31 bits per heavy atom. The molecule has 3 saturated carbocycles. The molecule has 3 aliphatic rings. The minimum absolute atomic E-state index is 0.906. The molecule has 67 valence electrons. The fourth-order valence-corrected chi connectivity index (χ4v) is 2.75. The van der Waals surface area contributed by atoms with Crippen LogP contribution in [-0.2, 0) is 0 Å². The maximum atomic E-state index is 4.19. The molecule has 1 aromatic heterocycles. The van der Waals surface area contributed by atoms with Gasteiger partial charge in [-0.15, -0.1) is 0 Å². The highest BCUT2D eigenvalue weighted by atomic mass is 14.6. The average Bonchev–Trinajstić information content (AvgIpc) is 2.18. The first kappa shape index (κ1) is 7.54. The number of pyridine rings is 1. The van der Waals surface area contributed by atoms with Gasteiger partial charge in [-0.3, -0.25) is 4.98 Å². The lowest BCUT2D eigenvalue weighted by molar-refractivity contribution is 0.146. The molecule has 2 bridgehead atoms. The van der Waals surface area contributed by atoms with Crippen LogP contribution in [0.4, 0.5) is 0 Å². The van der Waals surface area contributed by atoms with Crippen LogP contribution in [0, 0.1) is 17.8 Å². The van der Waals surface area contributed by atoms with Gasteiger partial charge in [-0.05, 0) is 49.1 Å². The summed E-state index contributed by atoms with van der Waals surface area (Å²) in [4.78, 5) is 4.19. The summed E-state index contributed by atoms with van der Waals surface area (Å²) >= 11 is 0. The second kappa shape index (κ2) is 2.83. The normalized spacial score (nSPS) is 32.6. The van der Waals surface area contributed by atoms with Crippen molar-refractivity contribution in [2.75, 3.05) is 0 Å². The van der Waals surface area contributed by atoms with Crippen molar-refractivity contribution >= 4 is 0 Å². The van der Waals surface area contributed by atoms with Gasteiger partial charge in [-0.25, -0.2) is 0 Å². The molecule has 0 saturated heterocycles. The molecule has 1 heteroatoms. The topological polar surface area (TPSA) is 12.9 Å². The Morgan fingerprint density at radius 2 is 2.23 bits per heavy atom. The number of aromatic nitrogens is 1. The van der Waals surface area contributed by atoms with Gasteiger partial charge in [0.05, 0.1) is 0 Å². The molecule has 1 radical (unpaired) electrons. The van der Waals surface area contributed by atoms with Gasteiger partial charge in [0.1, 0.15) is 0 Å². The molecule has 0 aliphatic heterocycles. The Kier molecular flexibility index (Phi) is 1.64. The second-order valence-electron chi connectivity index (χ2n) is 4.34. The van der Waals surface area contributed by atoms with Crippen molar-refractivity contribution in [3.63, 3.8) is 0 Å². The first-order valence-electron chi connectivity index (χ1n) is 5.19. The summed E-state index contributed by atoms with van der Waals surface area (Å²) in [5.41, 5.74) is 1.39. The lowest BCUT2D eigenvalue weighted by atomic mass is 9.59. The van der Waals surface area contributed by atoms with Crippen LogP contribution in [0.1, 0.15) is 31.2 Å². The molecule has 0 aromatic carbocycles. The van der Waals surface area contributed by atoms with Crippen LogP contribution in [0.5, 0.6) is 0 Å². The first-order valence-corrected chi connectivity index (χ1v) is 5.19. The Hall–Kier alpha value is -0.850. The Balaban J connectivity index is 1.85. The number of hydrogen-bond acceptors (Lipinski definition) is 1. The van der Waals surface area contributed by atoms with Crippen molar-refractivity contribution in [1.29, 1.82) is 0 Å². The van der Waals surface area contributed by atoms with Crippen LogP contribution in [0.2, 0.25) is 0 Å². The lowest BCUT2D eigenvalue weighted by Crippen LogP contribution is -2.35. The molecule has 1 nitrogen and oxygen atoms in total. The maximum absolute atomic E-state index is 4.19. The van der Waals surface area contributed by atoms with Gasteiger partial charge < -0.3 is 0 Å². The van der Waals surface area contributed by atoms with Crippen molar-refractivity contribution in [2.45, 2.75) is 25.7 Å². The molecule has 13 heavy (non-hydrogen) atoms. The van der Waals surface area contributed by atoms with E-state index in [1.165, 1.54) is 31.2 Å². The van der Waals surface area contributed by atoms with Crippen LogP contribution in [0.15, 0.2) is 24.5 Å². The van der Waals surface area contributed by atoms with E-state index in [0.717, 1.165) is 11.8 Å². The zero-order valence-electron chi connectivity index (χ0n) is 7.74. The highest BCUT2D eigenvalue weighted by Gasteiger charge is 2.40. The third kappa shape index (κ3) is 1.18. The van der Waals surface area contributed by atoms with Gasteiger partial charge in [0.25, 0.3) is 0 Å². The van der Waals surface area contributed by atoms with Crippen molar-refractivity contribution in [1.82, 2.24) is 4.98 Å². The van der Waals surface area contributed by atoms with E-state index >= 15 is 0 Å². The average molecular weight is 172 g/mol. The number of rotatable bonds is 1. The SMILES string of the molecule is c1cncc([C]2CCC3CC2C3)c1. The summed E-state index contributed by atoms with van der Waals surface area (Å²) in [6.07, 6.45) is 9.51. The highest BCUT2D eigenvalue weighted by molar-refractivity contribution is 5.32. The Bertz CT molecular complexity index is 284. The van der Waals surface area contributed by atoms with E-state index in [2.05, 4.69) is 11.1 Å². The largest absolute Gasteiger partial charge is 0.264 e. The molecule has 0 atom stereocenters. The summed E-state index contributed by atoms with van der Waals surface area (Å²) in [6, 6.07) is 4.26. The maximum Gasteiger partial charge on any atom is 0.0305 e. The molecule has 3 aliphatic carbocycles. The molecule has 1 heterocycles. The molecule has 3 fully saturated rings. The summed E-state index contributed by atoms with van der Waals surface area (Å²) in [7, 11) is 0. The number of hydrogen-bond donors (Lipinski definition) is 0. The standard InChI is InChI=1S/C12H14N/c1-2-10(8-13-5-1)12-4-3-9-6-11(12)7-9/h1-2,5,8-9,11H,3-4,6-7H2. The van der Waals surface area contributed by atoms with Crippen molar-refractivity contribution in [3.05, 3.63) is 36.0 Å². The Morgan fingerprint density at radius 3 is 2.85 bits per heavy atom. The minimum atomic E-state index is 0.906. The minimum Gasteiger partial charge on any atom is -0.264 e. The van der Waals surface area contributed by atoms with Gasteiger partial charge in [-0.1, -0.05) is 6.07 Å². The van der Waals surface area contributed by atoms with Crippen LogP contribution >= 0.6 is 0 Å². The fraction of sp³-hybridized carbons (Fsp3) is 0.500. The van der Waals surface area contributed by atoms with Gasteiger partial charge in [0.15, 0.2) is 0 Å². The molecule has 4 rings (SSSR count). The first-order chi connectivity index (χ1) is 6.43. The zero-order chi connectivity index (χ0) is 8.67. The monoisotopic (exact) mass is 172 g/mol. The van der Waals surface area contributed by atoms with E-state index in [1.54, 1.807) is 5.92 Å². The molecule has 0 spiro atoms. The second-order valence-corrected chi connectivity index (χ2v) is 4.34. The smallest absolute Gasteiger partial charge is 0.0305 e. The quantitative estimate of drug-likeness (QED) is 0.634. The Labute approximate surface area is 79.2 Å². The highest BCUT2D eigenvalue weighted by Crippen LogP contribution is 2.52.